The molecular weight excluding hydrogens is 386 g/mol. The number of amides is 1. The maximum Gasteiger partial charge on any atom is 0.409 e. The first kappa shape index (κ1) is 26.4. The van der Waals surface area contributed by atoms with Gasteiger partial charge in [-0.15, -0.1) is 0 Å². The molecule has 3 atom stereocenters. The van der Waals surface area contributed by atoms with E-state index < -0.39 is 20.1 Å². The van der Waals surface area contributed by atoms with Crippen molar-refractivity contribution in [2.75, 3.05) is 13.2 Å². The van der Waals surface area contributed by atoms with Crippen LogP contribution < -0.4 is 0 Å². The number of ether oxygens (including phenoxy) is 1. The Morgan fingerprint density at radius 3 is 2.17 bits per heavy atom. The molecule has 0 bridgehead atoms. The third-order valence-corrected chi connectivity index (χ3v) is 11.1. The number of hydrogen-bond donors (Lipinski definition) is 2. The first-order valence-corrected chi connectivity index (χ1v) is 13.8. The SMILES string of the molecule is CC(C)(C)C1OC(C)(C)N(C(=O)O)C1C[C@@H](CCCO)CO[Si](C)(C)C(C)(C)C. The fraction of sp³-hybridized carbons (Fsp3) is 0.955. The van der Waals surface area contributed by atoms with Gasteiger partial charge in [0.1, 0.15) is 5.72 Å². The number of aliphatic hydroxyl groups excluding tert-OH is 1. The van der Waals surface area contributed by atoms with Crippen LogP contribution in [0.2, 0.25) is 18.1 Å². The van der Waals surface area contributed by atoms with Crippen molar-refractivity contribution in [1.29, 1.82) is 0 Å². The van der Waals surface area contributed by atoms with E-state index in [1.54, 1.807) is 0 Å². The van der Waals surface area contributed by atoms with Crippen molar-refractivity contribution in [3.63, 3.8) is 0 Å². The van der Waals surface area contributed by atoms with Crippen LogP contribution in [0.3, 0.4) is 0 Å². The van der Waals surface area contributed by atoms with E-state index in [0.717, 1.165) is 6.42 Å². The lowest BCUT2D eigenvalue weighted by Gasteiger charge is -2.39. The maximum atomic E-state index is 12.1. The van der Waals surface area contributed by atoms with Crippen molar-refractivity contribution in [2.24, 2.45) is 11.3 Å². The Bertz CT molecular complexity index is 550. The summed E-state index contributed by atoms with van der Waals surface area (Å²) in [6.45, 7) is 21.8. The normalized spacial score (nSPS) is 24.0. The molecule has 0 radical (unpaired) electrons. The molecule has 1 aliphatic rings. The number of carboxylic acid groups (broad SMARTS) is 1. The zero-order valence-electron chi connectivity index (χ0n) is 20.3. The summed E-state index contributed by atoms with van der Waals surface area (Å²) in [5.74, 6) is 0.172. The molecule has 0 aromatic rings. The average molecular weight is 432 g/mol. The minimum atomic E-state index is -1.91. The lowest BCUT2D eigenvalue weighted by molar-refractivity contribution is -0.0925. The van der Waals surface area contributed by atoms with Gasteiger partial charge in [0.25, 0.3) is 0 Å². The van der Waals surface area contributed by atoms with Gasteiger partial charge in [-0.25, -0.2) is 4.79 Å². The lowest BCUT2D eigenvalue weighted by Crippen LogP contribution is -2.50. The first-order chi connectivity index (χ1) is 12.9. The van der Waals surface area contributed by atoms with Gasteiger partial charge in [0, 0.05) is 13.2 Å². The Labute approximate surface area is 179 Å². The number of hydrogen-bond acceptors (Lipinski definition) is 4. The molecule has 0 aromatic heterocycles. The molecule has 1 fully saturated rings. The molecule has 0 spiro atoms. The topological polar surface area (TPSA) is 79.2 Å². The van der Waals surface area contributed by atoms with Crippen LogP contribution in [0.25, 0.3) is 0 Å². The largest absolute Gasteiger partial charge is 0.465 e. The predicted molar refractivity (Wildman–Crippen MR) is 120 cm³/mol. The smallest absolute Gasteiger partial charge is 0.409 e. The van der Waals surface area contributed by atoms with E-state index in [9.17, 15) is 15.0 Å². The van der Waals surface area contributed by atoms with E-state index in [4.69, 9.17) is 9.16 Å². The highest BCUT2D eigenvalue weighted by Crippen LogP contribution is 2.43. The molecule has 172 valence electrons. The molecule has 2 N–H and O–H groups in total. The Morgan fingerprint density at radius 2 is 1.76 bits per heavy atom. The Hall–Kier alpha value is -0.633. The Kier molecular flexibility index (Phi) is 8.42. The molecule has 1 rings (SSSR count). The molecule has 29 heavy (non-hydrogen) atoms. The van der Waals surface area contributed by atoms with E-state index in [-0.39, 0.29) is 35.1 Å². The van der Waals surface area contributed by atoms with Crippen LogP contribution in [0, 0.1) is 11.3 Å². The fourth-order valence-electron chi connectivity index (χ4n) is 3.87. The average Bonchev–Trinajstić information content (AvgIpc) is 2.79. The van der Waals surface area contributed by atoms with Crippen molar-refractivity contribution >= 4 is 14.4 Å². The summed E-state index contributed by atoms with van der Waals surface area (Å²) in [6.07, 6.45) is 1.03. The van der Waals surface area contributed by atoms with Gasteiger partial charge in [-0.3, -0.25) is 4.90 Å². The Balaban J connectivity index is 3.11. The van der Waals surface area contributed by atoms with Gasteiger partial charge in [0.15, 0.2) is 8.32 Å². The molecule has 0 aromatic carbocycles. The molecule has 6 nitrogen and oxygen atoms in total. The van der Waals surface area contributed by atoms with Crippen LogP contribution in [0.5, 0.6) is 0 Å². The second kappa shape index (κ2) is 9.24. The summed E-state index contributed by atoms with van der Waals surface area (Å²) in [5, 5.41) is 19.4. The van der Waals surface area contributed by atoms with Gasteiger partial charge in [0.05, 0.1) is 12.1 Å². The van der Waals surface area contributed by atoms with Crippen LogP contribution >= 0.6 is 0 Å². The summed E-state index contributed by atoms with van der Waals surface area (Å²) in [4.78, 5) is 13.6. The highest BCUT2D eigenvalue weighted by molar-refractivity contribution is 6.74. The summed E-state index contributed by atoms with van der Waals surface area (Å²) in [5.41, 5.74) is -1.05. The van der Waals surface area contributed by atoms with Crippen LogP contribution in [0.15, 0.2) is 0 Å². The van der Waals surface area contributed by atoms with Gasteiger partial charge in [0.2, 0.25) is 0 Å². The third kappa shape index (κ3) is 6.67. The lowest BCUT2D eigenvalue weighted by atomic mass is 9.81. The number of aliphatic hydroxyl groups is 1. The highest BCUT2D eigenvalue weighted by Gasteiger charge is 2.54. The monoisotopic (exact) mass is 431 g/mol. The minimum Gasteiger partial charge on any atom is -0.465 e. The zero-order chi connectivity index (χ0) is 22.8. The summed E-state index contributed by atoms with van der Waals surface area (Å²) < 4.78 is 12.8. The van der Waals surface area contributed by atoms with Crippen molar-refractivity contribution in [3.8, 4) is 0 Å². The predicted octanol–water partition coefficient (Wildman–Crippen LogP) is 5.32. The quantitative estimate of drug-likeness (QED) is 0.509. The zero-order valence-corrected chi connectivity index (χ0v) is 21.3. The second-order valence-electron chi connectivity index (χ2n) is 11.6. The van der Waals surface area contributed by atoms with E-state index in [1.807, 2.05) is 13.8 Å². The summed E-state index contributed by atoms with van der Waals surface area (Å²) >= 11 is 0. The van der Waals surface area contributed by atoms with Crippen LogP contribution in [-0.4, -0.2) is 60.6 Å². The molecule has 1 aliphatic heterocycles. The molecule has 0 saturated carbocycles. The van der Waals surface area contributed by atoms with E-state index in [0.29, 0.717) is 19.4 Å². The first-order valence-electron chi connectivity index (χ1n) is 10.9. The summed E-state index contributed by atoms with van der Waals surface area (Å²) in [7, 11) is -1.91. The standard InChI is InChI=1S/C22H45NO5Si/c1-20(2,3)18-17(23(19(25)26)22(7,8)28-18)14-16(12-11-13-24)15-27-29(9,10)21(4,5)6/h16-18,24H,11-15H2,1-10H3,(H,25,26)/t16-,17?,18?/m1/s1. The van der Waals surface area contributed by atoms with Crippen LogP contribution in [0.1, 0.15) is 74.7 Å². The van der Waals surface area contributed by atoms with Gasteiger partial charge in [-0.1, -0.05) is 41.5 Å². The third-order valence-electron chi connectivity index (χ3n) is 6.57. The van der Waals surface area contributed by atoms with Crippen molar-refractivity contribution in [3.05, 3.63) is 0 Å². The number of carbonyl (C=O) groups is 1. The van der Waals surface area contributed by atoms with E-state index in [2.05, 4.69) is 54.6 Å². The van der Waals surface area contributed by atoms with Gasteiger partial charge >= 0.3 is 6.09 Å². The van der Waals surface area contributed by atoms with Crippen LogP contribution in [-0.2, 0) is 9.16 Å². The van der Waals surface area contributed by atoms with Crippen molar-refractivity contribution in [2.45, 2.75) is 111 Å². The molecular formula is C22H45NO5Si. The van der Waals surface area contributed by atoms with E-state index in [1.165, 1.54) is 4.90 Å². The Morgan fingerprint density at radius 1 is 1.21 bits per heavy atom. The molecule has 2 unspecified atom stereocenters. The van der Waals surface area contributed by atoms with Crippen molar-refractivity contribution < 1.29 is 24.2 Å². The molecule has 0 aliphatic carbocycles. The number of nitrogens with zero attached hydrogens (tertiary/aromatic N) is 1. The molecule has 1 heterocycles. The molecule has 1 saturated heterocycles. The highest BCUT2D eigenvalue weighted by atomic mass is 28.4. The minimum absolute atomic E-state index is 0.119. The van der Waals surface area contributed by atoms with Gasteiger partial charge < -0.3 is 19.4 Å². The van der Waals surface area contributed by atoms with Gasteiger partial charge in [-0.05, 0) is 62.6 Å². The second-order valence-corrected chi connectivity index (χ2v) is 16.4. The number of rotatable bonds is 8. The van der Waals surface area contributed by atoms with E-state index >= 15 is 0 Å². The molecule has 1 amide bonds. The van der Waals surface area contributed by atoms with Crippen molar-refractivity contribution in [1.82, 2.24) is 4.90 Å². The maximum absolute atomic E-state index is 12.1. The van der Waals surface area contributed by atoms with Crippen LogP contribution in [0.4, 0.5) is 4.79 Å². The van der Waals surface area contributed by atoms with Gasteiger partial charge in [-0.2, -0.15) is 0 Å². The molecule has 7 heteroatoms. The summed E-state index contributed by atoms with van der Waals surface area (Å²) in [6, 6.07) is -0.241. The fourth-order valence-corrected chi connectivity index (χ4v) is 4.95.